The number of aliphatic imine (C=N–C) groups is 1. The van der Waals surface area contributed by atoms with Gasteiger partial charge in [-0.25, -0.2) is 4.99 Å². The topological polar surface area (TPSA) is 75.7 Å². The third kappa shape index (κ3) is 6.89. The Balaban J connectivity index is 0.00000106. The molecule has 0 fully saturated rings. The molecule has 0 bridgehead atoms. The summed E-state index contributed by atoms with van der Waals surface area (Å²) in [5, 5.41) is 8.66. The Bertz CT molecular complexity index is 339. The Morgan fingerprint density at radius 1 is 1.38 bits per heavy atom. The van der Waals surface area contributed by atoms with Crippen molar-refractivity contribution in [2.24, 2.45) is 10.7 Å². The highest BCUT2D eigenvalue weighted by atomic mass is 32.2. The van der Waals surface area contributed by atoms with E-state index >= 15 is 0 Å². The van der Waals surface area contributed by atoms with Gasteiger partial charge >= 0.3 is 5.97 Å². The van der Waals surface area contributed by atoms with Crippen molar-refractivity contribution in [3.63, 3.8) is 0 Å². The molecule has 1 aromatic rings. The molecule has 0 saturated carbocycles. The second kappa shape index (κ2) is 8.79. The monoisotopic (exact) mass is 240 g/mol. The second-order valence-corrected chi connectivity index (χ2v) is 3.46. The van der Waals surface area contributed by atoms with Crippen molar-refractivity contribution in [3.8, 4) is 0 Å². The van der Waals surface area contributed by atoms with Crippen molar-refractivity contribution in [2.75, 3.05) is 5.75 Å². The third-order valence-electron chi connectivity index (χ3n) is 1.34. The molecule has 0 aliphatic heterocycles. The normalized spacial score (nSPS) is 10.2. The number of benzene rings is 1. The van der Waals surface area contributed by atoms with E-state index < -0.39 is 5.97 Å². The van der Waals surface area contributed by atoms with E-state index in [1.54, 1.807) is 12.1 Å². The summed E-state index contributed by atoms with van der Waals surface area (Å²) in [4.78, 5) is 14.2. The first-order chi connectivity index (χ1) is 7.68. The van der Waals surface area contributed by atoms with Gasteiger partial charge in [0.15, 0.2) is 5.17 Å². The van der Waals surface area contributed by atoms with Gasteiger partial charge in [-0.3, -0.25) is 4.79 Å². The largest absolute Gasteiger partial charge is 0.481 e. The summed E-state index contributed by atoms with van der Waals surface area (Å²) in [5.74, 6) is -0.969. The number of nitrogens with zero attached hydrogens (tertiary/aromatic N) is 1. The van der Waals surface area contributed by atoms with Crippen molar-refractivity contribution >= 4 is 28.6 Å². The van der Waals surface area contributed by atoms with Crippen LogP contribution in [0.2, 0.25) is 0 Å². The van der Waals surface area contributed by atoms with E-state index in [2.05, 4.69) is 4.99 Å². The Labute approximate surface area is 99.6 Å². The molecule has 0 amide bonds. The molecular weight excluding hydrogens is 224 g/mol. The van der Waals surface area contributed by atoms with Crippen molar-refractivity contribution in [3.05, 3.63) is 30.3 Å². The van der Waals surface area contributed by atoms with Crippen LogP contribution in [0.25, 0.3) is 0 Å². The summed E-state index contributed by atoms with van der Waals surface area (Å²) in [6, 6.07) is 9.16. The number of carboxylic acid groups (broad SMARTS) is 1. The number of nitrogens with two attached hydrogens (primary N) is 1. The summed E-state index contributed by atoms with van der Waals surface area (Å²) in [7, 11) is 0. The van der Waals surface area contributed by atoms with Crippen LogP contribution in [0.3, 0.4) is 0 Å². The quantitative estimate of drug-likeness (QED) is 0.628. The average Bonchev–Trinajstić information content (AvgIpc) is 2.30. The number of amidine groups is 1. The first kappa shape index (κ1) is 14.5. The first-order valence-corrected chi connectivity index (χ1v) is 5.91. The predicted molar refractivity (Wildman–Crippen MR) is 69.2 cm³/mol. The lowest BCUT2D eigenvalue weighted by molar-refractivity contribution is -0.133. The van der Waals surface area contributed by atoms with E-state index in [1.165, 1.54) is 0 Å². The maximum Gasteiger partial charge on any atom is 0.313 e. The Morgan fingerprint density at radius 3 is 2.44 bits per heavy atom. The molecule has 5 heteroatoms. The molecule has 0 unspecified atom stereocenters. The van der Waals surface area contributed by atoms with Gasteiger partial charge < -0.3 is 10.8 Å². The zero-order chi connectivity index (χ0) is 12.4. The van der Waals surface area contributed by atoms with Gasteiger partial charge in [-0.05, 0) is 12.1 Å². The lowest BCUT2D eigenvalue weighted by Crippen LogP contribution is -2.10. The molecule has 0 heterocycles. The predicted octanol–water partition coefficient (Wildman–Crippen LogP) is 2.48. The molecule has 1 aromatic carbocycles. The average molecular weight is 240 g/mol. The number of carboxylic acids is 1. The number of aliphatic carboxylic acids is 1. The van der Waals surface area contributed by atoms with E-state index in [-0.39, 0.29) is 10.9 Å². The van der Waals surface area contributed by atoms with Gasteiger partial charge in [0.25, 0.3) is 0 Å². The lowest BCUT2D eigenvalue weighted by Gasteiger charge is -1.97. The van der Waals surface area contributed by atoms with Crippen LogP contribution < -0.4 is 5.73 Å². The lowest BCUT2D eigenvalue weighted by atomic mass is 10.3. The molecule has 1 rings (SSSR count). The Hall–Kier alpha value is -1.49. The van der Waals surface area contributed by atoms with E-state index in [9.17, 15) is 4.79 Å². The molecule has 0 aromatic heterocycles. The van der Waals surface area contributed by atoms with E-state index in [1.807, 2.05) is 32.0 Å². The molecular formula is C11H16N2O2S. The summed E-state index contributed by atoms with van der Waals surface area (Å²) in [6.07, 6.45) is 0. The van der Waals surface area contributed by atoms with Crippen LogP contribution in [0.1, 0.15) is 13.8 Å². The van der Waals surface area contributed by atoms with Crippen LogP contribution >= 0.6 is 11.8 Å². The molecule has 3 N–H and O–H groups in total. The third-order valence-corrected chi connectivity index (χ3v) is 2.12. The first-order valence-electron chi connectivity index (χ1n) is 4.92. The Kier molecular flexibility index (Phi) is 7.97. The molecule has 0 spiro atoms. The van der Waals surface area contributed by atoms with Crippen LogP contribution in [-0.2, 0) is 4.79 Å². The smallest absolute Gasteiger partial charge is 0.313 e. The molecule has 0 saturated heterocycles. The molecule has 16 heavy (non-hydrogen) atoms. The van der Waals surface area contributed by atoms with E-state index in [0.717, 1.165) is 17.4 Å². The summed E-state index contributed by atoms with van der Waals surface area (Å²) in [6.45, 7) is 4.00. The standard InChI is InChI=1S/C9H10N2O2S.C2H6/c10-9(14-6-8(12)13)11-7-4-2-1-3-5-7;1-2/h1-5H,6H2,(H2,10,11)(H,12,13);1-2H3. The van der Waals surface area contributed by atoms with Gasteiger partial charge in [0.2, 0.25) is 0 Å². The minimum atomic E-state index is -0.902. The van der Waals surface area contributed by atoms with Gasteiger partial charge in [-0.15, -0.1) is 0 Å². The van der Waals surface area contributed by atoms with Gasteiger partial charge in [-0.2, -0.15) is 0 Å². The zero-order valence-corrected chi connectivity index (χ0v) is 10.2. The maximum absolute atomic E-state index is 10.2. The highest BCUT2D eigenvalue weighted by Crippen LogP contribution is 2.12. The van der Waals surface area contributed by atoms with E-state index in [0.29, 0.717) is 0 Å². The number of para-hydroxylation sites is 1. The number of rotatable bonds is 3. The molecule has 0 aliphatic rings. The van der Waals surface area contributed by atoms with Crippen LogP contribution in [0.5, 0.6) is 0 Å². The van der Waals surface area contributed by atoms with Gasteiger partial charge in [0.05, 0.1) is 11.4 Å². The van der Waals surface area contributed by atoms with E-state index in [4.69, 9.17) is 10.8 Å². The fourth-order valence-electron chi connectivity index (χ4n) is 0.798. The molecule has 0 atom stereocenters. The van der Waals surface area contributed by atoms with Crippen LogP contribution in [0.4, 0.5) is 5.69 Å². The second-order valence-electron chi connectivity index (χ2n) is 2.47. The van der Waals surface area contributed by atoms with Crippen LogP contribution in [0.15, 0.2) is 35.3 Å². The van der Waals surface area contributed by atoms with Gasteiger partial charge in [0.1, 0.15) is 0 Å². The maximum atomic E-state index is 10.2. The molecule has 0 radical (unpaired) electrons. The fourth-order valence-corrected chi connectivity index (χ4v) is 1.24. The van der Waals surface area contributed by atoms with Crippen molar-refractivity contribution in [1.82, 2.24) is 0 Å². The number of thioether (sulfide) groups is 1. The highest BCUT2D eigenvalue weighted by molar-refractivity contribution is 8.14. The van der Waals surface area contributed by atoms with Crippen LogP contribution in [-0.4, -0.2) is 22.0 Å². The van der Waals surface area contributed by atoms with Crippen molar-refractivity contribution < 1.29 is 9.90 Å². The minimum absolute atomic E-state index is 0.0673. The van der Waals surface area contributed by atoms with Gasteiger partial charge in [0, 0.05) is 0 Å². The number of hydrogen-bond acceptors (Lipinski definition) is 3. The van der Waals surface area contributed by atoms with Gasteiger partial charge in [-0.1, -0.05) is 43.8 Å². The summed E-state index contributed by atoms with van der Waals surface area (Å²) in [5.41, 5.74) is 6.23. The minimum Gasteiger partial charge on any atom is -0.481 e. The van der Waals surface area contributed by atoms with Crippen molar-refractivity contribution in [2.45, 2.75) is 13.8 Å². The molecule has 4 nitrogen and oxygen atoms in total. The summed E-state index contributed by atoms with van der Waals surface area (Å²) >= 11 is 1.01. The SMILES string of the molecule is CC.NC(=Nc1ccccc1)SCC(=O)O. The zero-order valence-electron chi connectivity index (χ0n) is 9.38. The number of hydrogen-bond donors (Lipinski definition) is 2. The number of carbonyl (C=O) groups is 1. The van der Waals surface area contributed by atoms with Crippen LogP contribution in [0, 0.1) is 0 Å². The summed E-state index contributed by atoms with van der Waals surface area (Å²) < 4.78 is 0. The Morgan fingerprint density at radius 2 is 1.94 bits per heavy atom. The molecule has 88 valence electrons. The fraction of sp³-hybridized carbons (Fsp3) is 0.273. The van der Waals surface area contributed by atoms with Crippen molar-refractivity contribution in [1.29, 1.82) is 0 Å². The molecule has 0 aliphatic carbocycles. The highest BCUT2D eigenvalue weighted by Gasteiger charge is 1.99.